The Balaban J connectivity index is 0.000000358. The number of nitrogens with one attached hydrogen (secondary N) is 2. The molecule has 12 heteroatoms. The molecule has 1 aliphatic rings. The van der Waals surface area contributed by atoms with Crippen LogP contribution in [0.5, 0.6) is 0 Å². The molecule has 1 heterocycles. The highest BCUT2D eigenvalue weighted by molar-refractivity contribution is 6.30. The molecule has 10 N–H and O–H groups in total. The summed E-state index contributed by atoms with van der Waals surface area (Å²) < 4.78 is 0. The zero-order chi connectivity index (χ0) is 28.2. The Morgan fingerprint density at radius 3 is 2.32 bits per heavy atom. The van der Waals surface area contributed by atoms with E-state index >= 15 is 0 Å². The van der Waals surface area contributed by atoms with Crippen LogP contribution in [0.15, 0.2) is 71.9 Å². The van der Waals surface area contributed by atoms with E-state index < -0.39 is 29.9 Å². The number of carboxylic acid groups (broad SMARTS) is 2. The van der Waals surface area contributed by atoms with Crippen molar-refractivity contribution in [3.05, 3.63) is 83.0 Å². The van der Waals surface area contributed by atoms with Crippen molar-refractivity contribution in [3.63, 3.8) is 0 Å². The van der Waals surface area contributed by atoms with Gasteiger partial charge in [0.05, 0.1) is 0 Å². The maximum Gasteiger partial charge on any atom is 0.326 e. The lowest BCUT2D eigenvalue weighted by Crippen LogP contribution is -2.41. The van der Waals surface area contributed by atoms with Crippen LogP contribution in [0.2, 0.25) is 5.02 Å². The first kappa shape index (κ1) is 29.9. The van der Waals surface area contributed by atoms with E-state index in [0.29, 0.717) is 35.7 Å². The van der Waals surface area contributed by atoms with Gasteiger partial charge in [0.15, 0.2) is 5.96 Å². The number of anilines is 1. The van der Waals surface area contributed by atoms with Gasteiger partial charge in [0.25, 0.3) is 5.91 Å². The Morgan fingerprint density at radius 1 is 1.05 bits per heavy atom. The number of nitrogens with two attached hydrogens (primary N) is 3. The molecule has 0 spiro atoms. The predicted octanol–water partition coefficient (Wildman–Crippen LogP) is 2.39. The Labute approximate surface area is 225 Å². The molecule has 202 valence electrons. The molecule has 0 fully saturated rings. The summed E-state index contributed by atoms with van der Waals surface area (Å²) in [5.41, 5.74) is 18.9. The highest BCUT2D eigenvalue weighted by atomic mass is 35.5. The number of carbonyl (C=O) groups is 3. The van der Waals surface area contributed by atoms with Gasteiger partial charge in [-0.15, -0.1) is 0 Å². The number of amides is 1. The highest BCUT2D eigenvalue weighted by Gasteiger charge is 2.25. The number of allylic oxidation sites excluding steroid dienone is 1. The van der Waals surface area contributed by atoms with Crippen LogP contribution in [0.25, 0.3) is 5.57 Å². The standard InChI is InChI=1S/C20H17ClN2O3.C6H14N4O2/c1-12-10-14(16-4-2-3-5-17(16)22-12)11-18(20(25)26)23-19(24)13-6-8-15(21)9-7-13;7-4(5(11)12)2-1-3-10-6(8)9/h2-10,18,22H,1,11H2,(H,23,24)(H,25,26);4H,1-3,7H2,(H,11,12)(H4,8,9,10)/t;4-/m.0/s1. The number of nitrogens with zero attached hydrogens (tertiary/aromatic N) is 1. The van der Waals surface area contributed by atoms with Crippen LogP contribution in [0, 0.1) is 0 Å². The molecule has 2 aromatic carbocycles. The van der Waals surface area contributed by atoms with Crippen molar-refractivity contribution in [2.75, 3.05) is 11.9 Å². The van der Waals surface area contributed by atoms with E-state index in [1.54, 1.807) is 30.3 Å². The summed E-state index contributed by atoms with van der Waals surface area (Å²) in [7, 11) is 0. The molecule has 0 radical (unpaired) electrons. The summed E-state index contributed by atoms with van der Waals surface area (Å²) in [6.07, 6.45) is 2.90. The van der Waals surface area contributed by atoms with Crippen molar-refractivity contribution in [3.8, 4) is 0 Å². The summed E-state index contributed by atoms with van der Waals surface area (Å²) >= 11 is 5.82. The number of guanidine groups is 1. The third-order valence-corrected chi connectivity index (χ3v) is 5.59. The largest absolute Gasteiger partial charge is 0.480 e. The maximum atomic E-state index is 12.4. The molecule has 1 unspecified atom stereocenters. The number of hydrogen-bond acceptors (Lipinski definition) is 6. The van der Waals surface area contributed by atoms with E-state index in [1.165, 1.54) is 0 Å². The zero-order valence-electron chi connectivity index (χ0n) is 20.6. The topological polar surface area (TPSA) is 206 Å². The number of carbonyl (C=O) groups excluding carboxylic acids is 1. The zero-order valence-corrected chi connectivity index (χ0v) is 21.3. The number of fused-ring (bicyclic) bond motifs is 1. The minimum absolute atomic E-state index is 0.0129. The van der Waals surface area contributed by atoms with Gasteiger partial charge in [0.1, 0.15) is 12.1 Å². The molecular weight excluding hydrogens is 512 g/mol. The number of para-hydroxylation sites is 1. The Kier molecular flexibility index (Phi) is 11.3. The van der Waals surface area contributed by atoms with Gasteiger partial charge in [-0.3, -0.25) is 14.6 Å². The second-order valence-electron chi connectivity index (χ2n) is 8.33. The van der Waals surface area contributed by atoms with Crippen LogP contribution >= 0.6 is 11.6 Å². The van der Waals surface area contributed by atoms with Crippen molar-refractivity contribution >= 4 is 46.7 Å². The highest BCUT2D eigenvalue weighted by Crippen LogP contribution is 2.33. The van der Waals surface area contributed by atoms with E-state index in [2.05, 4.69) is 22.2 Å². The van der Waals surface area contributed by atoms with E-state index in [4.69, 9.17) is 33.9 Å². The van der Waals surface area contributed by atoms with E-state index in [1.807, 2.05) is 24.3 Å². The quantitative estimate of drug-likeness (QED) is 0.133. The Morgan fingerprint density at radius 2 is 1.71 bits per heavy atom. The summed E-state index contributed by atoms with van der Waals surface area (Å²) in [5.74, 6) is -2.55. The Bertz CT molecular complexity index is 1220. The monoisotopic (exact) mass is 542 g/mol. The molecule has 0 bridgehead atoms. The molecule has 0 saturated carbocycles. The Hall–Kier alpha value is -4.35. The second kappa shape index (κ2) is 14.4. The van der Waals surface area contributed by atoms with Crippen LogP contribution in [0.1, 0.15) is 35.2 Å². The first-order chi connectivity index (χ1) is 18.0. The lowest BCUT2D eigenvalue weighted by atomic mass is 9.93. The molecular formula is C26H31ClN6O5. The first-order valence-corrected chi connectivity index (χ1v) is 11.9. The van der Waals surface area contributed by atoms with Gasteiger partial charge in [-0.25, -0.2) is 4.79 Å². The molecule has 2 aromatic rings. The number of benzene rings is 2. The second-order valence-corrected chi connectivity index (χ2v) is 8.77. The number of aliphatic carboxylic acids is 2. The van der Waals surface area contributed by atoms with Crippen LogP contribution in [-0.4, -0.2) is 52.6 Å². The number of rotatable bonds is 10. The van der Waals surface area contributed by atoms with Crippen LogP contribution in [0.3, 0.4) is 0 Å². The van der Waals surface area contributed by atoms with Gasteiger partial charge in [0, 0.05) is 40.5 Å². The van der Waals surface area contributed by atoms with Gasteiger partial charge >= 0.3 is 11.9 Å². The molecule has 3 rings (SSSR count). The smallest absolute Gasteiger partial charge is 0.326 e. The minimum atomic E-state index is -1.10. The average Bonchev–Trinajstić information content (AvgIpc) is 2.86. The number of halogens is 1. The fraction of sp³-hybridized carbons (Fsp3) is 0.231. The lowest BCUT2D eigenvalue weighted by molar-refractivity contribution is -0.139. The van der Waals surface area contributed by atoms with Crippen LogP contribution in [-0.2, 0) is 9.59 Å². The van der Waals surface area contributed by atoms with E-state index in [-0.39, 0.29) is 12.4 Å². The molecule has 0 saturated heterocycles. The van der Waals surface area contributed by atoms with Crippen molar-refractivity contribution in [1.29, 1.82) is 0 Å². The molecule has 1 amide bonds. The SMILES string of the molecule is C=C1C=C(CC(NC(=O)c2ccc(Cl)cc2)C(=O)O)c2ccccc2N1.NC(N)=NCCC[C@H](N)C(=O)O. The summed E-state index contributed by atoms with van der Waals surface area (Å²) in [4.78, 5) is 37.9. The van der Waals surface area contributed by atoms with Crippen molar-refractivity contribution < 1.29 is 24.6 Å². The van der Waals surface area contributed by atoms with Crippen molar-refractivity contribution in [2.24, 2.45) is 22.2 Å². The van der Waals surface area contributed by atoms with Crippen molar-refractivity contribution in [1.82, 2.24) is 5.32 Å². The van der Waals surface area contributed by atoms with Gasteiger partial charge in [-0.05, 0) is 54.8 Å². The molecule has 0 aromatic heterocycles. The molecule has 38 heavy (non-hydrogen) atoms. The maximum absolute atomic E-state index is 12.4. The van der Waals surface area contributed by atoms with Gasteiger partial charge < -0.3 is 38.0 Å². The van der Waals surface area contributed by atoms with Crippen molar-refractivity contribution in [2.45, 2.75) is 31.3 Å². The lowest BCUT2D eigenvalue weighted by Gasteiger charge is -2.23. The third kappa shape index (κ3) is 9.60. The van der Waals surface area contributed by atoms with Gasteiger partial charge in [-0.2, -0.15) is 0 Å². The van der Waals surface area contributed by atoms with Crippen LogP contribution in [0.4, 0.5) is 5.69 Å². The number of hydrogen-bond donors (Lipinski definition) is 7. The molecule has 2 atom stereocenters. The first-order valence-electron chi connectivity index (χ1n) is 11.6. The van der Waals surface area contributed by atoms with E-state index in [0.717, 1.165) is 16.8 Å². The molecule has 1 aliphatic heterocycles. The number of carboxylic acids is 2. The predicted molar refractivity (Wildman–Crippen MR) is 148 cm³/mol. The fourth-order valence-electron chi connectivity index (χ4n) is 3.44. The van der Waals surface area contributed by atoms with Gasteiger partial charge in [-0.1, -0.05) is 36.4 Å². The summed E-state index contributed by atoms with van der Waals surface area (Å²) in [6, 6.07) is 12.0. The van der Waals surface area contributed by atoms with E-state index in [9.17, 15) is 19.5 Å². The molecule has 0 aliphatic carbocycles. The third-order valence-electron chi connectivity index (χ3n) is 5.34. The number of aliphatic imine (C=N–C) groups is 1. The summed E-state index contributed by atoms with van der Waals surface area (Å²) in [6.45, 7) is 4.32. The average molecular weight is 543 g/mol. The normalized spacial score (nSPS) is 13.3. The fourth-order valence-corrected chi connectivity index (χ4v) is 3.57. The minimum Gasteiger partial charge on any atom is -0.480 e. The van der Waals surface area contributed by atoms with Gasteiger partial charge in [0.2, 0.25) is 0 Å². The van der Waals surface area contributed by atoms with Crippen LogP contribution < -0.4 is 27.8 Å². The summed E-state index contributed by atoms with van der Waals surface area (Å²) in [5, 5.41) is 24.2. The molecule has 11 nitrogen and oxygen atoms in total.